The molecule has 2 heterocycles. The summed E-state index contributed by atoms with van der Waals surface area (Å²) in [4.78, 5) is 53.7. The molecule has 2 saturated carbocycles. The molecule has 2 aromatic heterocycles. The summed E-state index contributed by atoms with van der Waals surface area (Å²) >= 11 is 0. The molecule has 0 bridgehead atoms. The minimum atomic E-state index is -0.561. The molecule has 0 aliphatic heterocycles. The number of rotatable bonds is 8. The first-order chi connectivity index (χ1) is 22.8. The number of H-pyrrole nitrogens is 2. The lowest BCUT2D eigenvalue weighted by Gasteiger charge is -2.34. The van der Waals surface area contributed by atoms with Gasteiger partial charge < -0.3 is 19.5 Å². The van der Waals surface area contributed by atoms with Gasteiger partial charge >= 0.3 is 11.5 Å². The van der Waals surface area contributed by atoms with Gasteiger partial charge in [0, 0.05) is 12.1 Å². The number of aromatic nitrogens is 2. The molecule has 0 spiro atoms. The zero-order valence-corrected chi connectivity index (χ0v) is 25.6. The van der Waals surface area contributed by atoms with Crippen LogP contribution in [0.1, 0.15) is 68.9 Å². The van der Waals surface area contributed by atoms with Gasteiger partial charge in [-0.25, -0.2) is 9.59 Å². The fourth-order valence-electron chi connectivity index (χ4n) is 6.82. The fourth-order valence-corrected chi connectivity index (χ4v) is 6.82. The van der Waals surface area contributed by atoms with Gasteiger partial charge in [-0.15, -0.1) is 0 Å². The minimum Gasteiger partial charge on any atom is -0.408 e. The van der Waals surface area contributed by atoms with E-state index < -0.39 is 23.3 Å². The van der Waals surface area contributed by atoms with Crippen molar-refractivity contribution in [3.63, 3.8) is 0 Å². The summed E-state index contributed by atoms with van der Waals surface area (Å²) in [6.07, 6.45) is 11.5. The smallest absolute Gasteiger partial charge is 0.408 e. The average molecular weight is 635 g/mol. The van der Waals surface area contributed by atoms with E-state index in [0.29, 0.717) is 45.2 Å². The largest absolute Gasteiger partial charge is 0.417 e. The van der Waals surface area contributed by atoms with Crippen LogP contribution < -0.4 is 22.1 Å². The molecule has 0 radical (unpaired) electrons. The highest BCUT2D eigenvalue weighted by atomic mass is 16.4. The van der Waals surface area contributed by atoms with Crippen molar-refractivity contribution in [2.45, 2.75) is 69.9 Å². The Morgan fingerprint density at radius 3 is 1.49 bits per heavy atom. The summed E-state index contributed by atoms with van der Waals surface area (Å²) < 4.78 is 10.1. The van der Waals surface area contributed by atoms with Crippen LogP contribution in [0.5, 0.6) is 0 Å². The Labute approximate surface area is 269 Å². The molecule has 12 nitrogen and oxygen atoms in total. The number of aromatic amines is 2. The molecular formula is C35H34N6O6. The first kappa shape index (κ1) is 31.4. The van der Waals surface area contributed by atoms with Gasteiger partial charge in [-0.2, -0.15) is 10.5 Å². The predicted octanol–water partition coefficient (Wildman–Crippen LogP) is 4.81. The van der Waals surface area contributed by atoms with Gasteiger partial charge in [0.1, 0.15) is 23.3 Å². The second-order valence-electron chi connectivity index (χ2n) is 12.5. The third kappa shape index (κ3) is 7.61. The van der Waals surface area contributed by atoms with E-state index in [4.69, 9.17) is 8.83 Å². The zero-order valence-electron chi connectivity index (χ0n) is 25.6. The molecule has 0 saturated heterocycles. The number of benzene rings is 2. The van der Waals surface area contributed by atoms with E-state index in [0.717, 1.165) is 57.8 Å². The molecule has 2 amide bonds. The van der Waals surface area contributed by atoms with Crippen LogP contribution in [0.4, 0.5) is 0 Å². The summed E-state index contributed by atoms with van der Waals surface area (Å²) in [5.74, 6) is -0.791. The molecule has 240 valence electrons. The standard InChI is InChI=1S/C35H34N6O6/c36-18-24(14-22-5-11-28-30(16-22)46-34(44)40-28)32(42)38-26-7-1-20(2-8-26)13-21-3-9-27(10-4-21)39-33(43)25(19-37)15-23-6-12-29-31(17-23)47-35(45)41-29/h5-6,11-12,14-17,20-21,26-27H,1-4,7-10,13H2,(H,38,42)(H,39,43)(H,40,44)(H,41,45)/b24-14+,25-15+. The number of carbonyl (C=O) groups is 2. The Morgan fingerprint density at radius 2 is 1.11 bits per heavy atom. The molecule has 12 heteroatoms. The van der Waals surface area contributed by atoms with Crippen molar-refractivity contribution in [1.29, 1.82) is 10.5 Å². The van der Waals surface area contributed by atoms with Crippen molar-refractivity contribution in [2.75, 3.05) is 0 Å². The van der Waals surface area contributed by atoms with E-state index in [2.05, 4.69) is 20.6 Å². The Kier molecular flexibility index (Phi) is 9.20. The Bertz CT molecular complexity index is 1920. The van der Waals surface area contributed by atoms with E-state index in [1.165, 1.54) is 12.2 Å². The van der Waals surface area contributed by atoms with Crippen LogP contribution in [0.25, 0.3) is 34.4 Å². The number of amides is 2. The molecule has 6 rings (SSSR count). The van der Waals surface area contributed by atoms with Crippen molar-refractivity contribution >= 4 is 46.2 Å². The van der Waals surface area contributed by atoms with Crippen LogP contribution in [0.2, 0.25) is 0 Å². The number of carbonyl (C=O) groups excluding carboxylic acids is 2. The van der Waals surface area contributed by atoms with Crippen LogP contribution in [0, 0.1) is 34.5 Å². The third-order valence-electron chi connectivity index (χ3n) is 9.27. The number of nitrogens with zero attached hydrogens (tertiary/aromatic N) is 2. The van der Waals surface area contributed by atoms with Gasteiger partial charge in [0.15, 0.2) is 11.2 Å². The average Bonchev–Trinajstić information content (AvgIpc) is 3.63. The van der Waals surface area contributed by atoms with E-state index in [-0.39, 0.29) is 23.2 Å². The van der Waals surface area contributed by atoms with Gasteiger partial charge in [0.2, 0.25) is 0 Å². The van der Waals surface area contributed by atoms with Crippen LogP contribution in [-0.4, -0.2) is 33.9 Å². The maximum Gasteiger partial charge on any atom is 0.417 e. The minimum absolute atomic E-state index is 0.00124. The molecule has 2 fully saturated rings. The Balaban J connectivity index is 0.935. The Hall–Kier alpha value is -5.62. The molecule has 4 aromatic rings. The maximum absolute atomic E-state index is 12.9. The maximum atomic E-state index is 12.9. The number of hydrogen-bond acceptors (Lipinski definition) is 8. The lowest BCUT2D eigenvalue weighted by molar-refractivity contribution is -0.118. The third-order valence-corrected chi connectivity index (χ3v) is 9.27. The molecule has 0 atom stereocenters. The summed E-state index contributed by atoms with van der Waals surface area (Å²) in [5.41, 5.74) is 3.00. The molecule has 2 aromatic carbocycles. The normalized spacial score (nSPS) is 22.0. The van der Waals surface area contributed by atoms with Crippen LogP contribution >= 0.6 is 0 Å². The van der Waals surface area contributed by atoms with E-state index in [1.54, 1.807) is 36.4 Å². The van der Waals surface area contributed by atoms with Crippen LogP contribution in [-0.2, 0) is 9.59 Å². The highest BCUT2D eigenvalue weighted by molar-refractivity contribution is 6.02. The highest BCUT2D eigenvalue weighted by Crippen LogP contribution is 2.35. The van der Waals surface area contributed by atoms with Gasteiger partial charge in [0.05, 0.1) is 11.0 Å². The van der Waals surface area contributed by atoms with Crippen molar-refractivity contribution < 1.29 is 18.4 Å². The summed E-state index contributed by atoms with van der Waals surface area (Å²) in [6, 6.07) is 14.0. The fraction of sp³-hybridized carbons (Fsp3) is 0.371. The van der Waals surface area contributed by atoms with Crippen LogP contribution in [0.3, 0.4) is 0 Å². The summed E-state index contributed by atoms with van der Waals surface area (Å²) in [6.45, 7) is 0. The van der Waals surface area contributed by atoms with Gasteiger partial charge in [-0.1, -0.05) is 12.1 Å². The van der Waals surface area contributed by atoms with E-state index in [9.17, 15) is 29.7 Å². The SMILES string of the molecule is N#C/C(=C\c1ccc2[nH]c(=O)oc2c1)C(=O)NC1CCC(CC2CCC(NC(=O)/C(C#N)=C/c3ccc4[nH]c(=O)oc4c3)CC2)CC1. The first-order valence-corrected chi connectivity index (χ1v) is 15.9. The number of nitrogens with one attached hydrogen (secondary N) is 4. The second-order valence-corrected chi connectivity index (χ2v) is 12.5. The van der Waals surface area contributed by atoms with Gasteiger partial charge in [-0.3, -0.25) is 19.6 Å². The van der Waals surface area contributed by atoms with Crippen molar-refractivity contribution in [2.24, 2.45) is 11.8 Å². The van der Waals surface area contributed by atoms with Crippen molar-refractivity contribution in [3.05, 3.63) is 79.8 Å². The first-order valence-electron chi connectivity index (χ1n) is 15.9. The molecular weight excluding hydrogens is 600 g/mol. The van der Waals surface area contributed by atoms with Crippen LogP contribution in [0.15, 0.2) is 66.0 Å². The van der Waals surface area contributed by atoms with Crippen molar-refractivity contribution in [1.82, 2.24) is 20.6 Å². The van der Waals surface area contributed by atoms with Crippen molar-refractivity contribution in [3.8, 4) is 12.1 Å². The zero-order chi connectivity index (χ0) is 32.9. The Morgan fingerprint density at radius 1 is 0.702 bits per heavy atom. The van der Waals surface area contributed by atoms with E-state index in [1.807, 2.05) is 12.1 Å². The monoisotopic (exact) mass is 634 g/mol. The molecule has 2 aliphatic rings. The topological polar surface area (TPSA) is 198 Å². The molecule has 0 unspecified atom stereocenters. The molecule has 4 N–H and O–H groups in total. The molecule has 47 heavy (non-hydrogen) atoms. The van der Waals surface area contributed by atoms with E-state index >= 15 is 0 Å². The number of fused-ring (bicyclic) bond motifs is 2. The van der Waals surface area contributed by atoms with Gasteiger partial charge in [0.25, 0.3) is 11.8 Å². The lowest BCUT2D eigenvalue weighted by Crippen LogP contribution is -2.39. The van der Waals surface area contributed by atoms with Gasteiger partial charge in [-0.05, 0) is 117 Å². The second kappa shape index (κ2) is 13.8. The summed E-state index contributed by atoms with van der Waals surface area (Å²) in [5, 5.41) is 25.3. The predicted molar refractivity (Wildman–Crippen MR) is 173 cm³/mol. The number of hydrogen-bond donors (Lipinski definition) is 4. The number of oxazole rings is 2. The quantitative estimate of drug-likeness (QED) is 0.156. The molecule has 2 aliphatic carbocycles. The lowest BCUT2D eigenvalue weighted by atomic mass is 9.75. The highest BCUT2D eigenvalue weighted by Gasteiger charge is 2.29. The summed E-state index contributed by atoms with van der Waals surface area (Å²) in [7, 11) is 0. The number of nitriles is 2.